The van der Waals surface area contributed by atoms with Gasteiger partial charge in [0, 0.05) is 16.8 Å². The fourth-order valence-electron chi connectivity index (χ4n) is 3.99. The number of methoxy groups -OCH3 is 1. The molecule has 4 rings (SSSR count). The van der Waals surface area contributed by atoms with Crippen LogP contribution in [0, 0.1) is 6.92 Å². The van der Waals surface area contributed by atoms with E-state index in [9.17, 15) is 14.4 Å². The van der Waals surface area contributed by atoms with Gasteiger partial charge in [-0.2, -0.15) is 0 Å². The fraction of sp³-hybridized carbons (Fsp3) is 0.0741. The first-order valence-electron chi connectivity index (χ1n) is 10.5. The number of hydrogen-bond acceptors (Lipinski definition) is 4. The average molecular weight is 453 g/mol. The van der Waals surface area contributed by atoms with Gasteiger partial charge in [0.25, 0.3) is 5.91 Å². The van der Waals surface area contributed by atoms with Crippen LogP contribution in [0.5, 0.6) is 0 Å². The van der Waals surface area contributed by atoms with E-state index >= 15 is 0 Å². The Morgan fingerprint density at radius 1 is 1.03 bits per heavy atom. The molecule has 7 nitrogen and oxygen atoms in total. The van der Waals surface area contributed by atoms with E-state index < -0.39 is 11.9 Å². The highest BCUT2D eigenvalue weighted by Gasteiger charge is 2.18. The van der Waals surface area contributed by atoms with Crippen molar-refractivity contribution in [2.45, 2.75) is 6.92 Å². The maximum Gasteiger partial charge on any atom is 0.337 e. The van der Waals surface area contributed by atoms with Crippen molar-refractivity contribution in [1.29, 1.82) is 0 Å². The lowest BCUT2D eigenvalue weighted by atomic mass is 9.94. The number of primary amides is 1. The molecule has 0 aliphatic rings. The third-order valence-electron chi connectivity index (χ3n) is 5.72. The number of carbonyl (C=O) groups excluding carboxylic acids is 3. The number of fused-ring (bicyclic) bond motifs is 1. The number of rotatable bonds is 6. The predicted octanol–water partition coefficient (Wildman–Crippen LogP) is 4.82. The summed E-state index contributed by atoms with van der Waals surface area (Å²) in [6.45, 7) is 5.41. The van der Waals surface area contributed by atoms with Gasteiger partial charge in [0.1, 0.15) is 0 Å². The molecule has 0 unspecified atom stereocenters. The molecule has 7 heteroatoms. The molecule has 0 spiro atoms. The Hall–Kier alpha value is -4.65. The standard InChI is InChI=1S/C27H23N3O4/c1-4-24(31)29-22-10-6-9-18(15(22)2)19-11-12-20(26(28)32)25-21(19)14-23(30-25)16-7-5-8-17(13-16)27(33)34-3/h4-14,30H,1H2,2-3H3,(H2,28,32)(H,29,31). The summed E-state index contributed by atoms with van der Waals surface area (Å²) >= 11 is 0. The molecule has 170 valence electrons. The summed E-state index contributed by atoms with van der Waals surface area (Å²) in [6, 6.07) is 18.1. The third-order valence-corrected chi connectivity index (χ3v) is 5.72. The third kappa shape index (κ3) is 4.06. The van der Waals surface area contributed by atoms with Crippen molar-refractivity contribution in [2.24, 2.45) is 5.73 Å². The number of aromatic nitrogens is 1. The highest BCUT2D eigenvalue weighted by atomic mass is 16.5. The molecular formula is C27H23N3O4. The Bertz CT molecular complexity index is 1470. The highest BCUT2D eigenvalue weighted by Crippen LogP contribution is 2.37. The van der Waals surface area contributed by atoms with E-state index in [1.54, 1.807) is 24.3 Å². The van der Waals surface area contributed by atoms with E-state index in [4.69, 9.17) is 10.5 Å². The van der Waals surface area contributed by atoms with Crippen molar-refractivity contribution < 1.29 is 19.1 Å². The molecule has 0 radical (unpaired) electrons. The summed E-state index contributed by atoms with van der Waals surface area (Å²) in [4.78, 5) is 39.3. The average Bonchev–Trinajstić information content (AvgIpc) is 3.29. The van der Waals surface area contributed by atoms with Crippen LogP contribution in [-0.4, -0.2) is 29.9 Å². The largest absolute Gasteiger partial charge is 0.465 e. The monoisotopic (exact) mass is 453 g/mol. The quantitative estimate of drug-likeness (QED) is 0.287. The number of hydrogen-bond donors (Lipinski definition) is 3. The molecule has 2 amide bonds. The summed E-state index contributed by atoms with van der Waals surface area (Å²) in [5.74, 6) is -1.30. The van der Waals surface area contributed by atoms with E-state index in [0.29, 0.717) is 28.0 Å². The van der Waals surface area contributed by atoms with Crippen molar-refractivity contribution >= 4 is 34.4 Å². The Kier molecular flexibility index (Phi) is 6.01. The maximum absolute atomic E-state index is 12.2. The summed E-state index contributed by atoms with van der Waals surface area (Å²) < 4.78 is 4.83. The van der Waals surface area contributed by atoms with Gasteiger partial charge in [0.15, 0.2) is 0 Å². The number of nitrogens with two attached hydrogens (primary N) is 1. The molecule has 34 heavy (non-hydrogen) atoms. The van der Waals surface area contributed by atoms with Crippen LogP contribution in [0.3, 0.4) is 0 Å². The molecule has 3 aromatic carbocycles. The van der Waals surface area contributed by atoms with Crippen LogP contribution in [0.4, 0.5) is 5.69 Å². The van der Waals surface area contributed by atoms with Crippen LogP contribution in [0.1, 0.15) is 26.3 Å². The molecular weight excluding hydrogens is 430 g/mol. The second-order valence-corrected chi connectivity index (χ2v) is 7.74. The van der Waals surface area contributed by atoms with E-state index in [0.717, 1.165) is 27.6 Å². The van der Waals surface area contributed by atoms with Crippen LogP contribution >= 0.6 is 0 Å². The first-order chi connectivity index (χ1) is 16.3. The smallest absolute Gasteiger partial charge is 0.337 e. The number of H-pyrrole nitrogens is 1. The van der Waals surface area contributed by atoms with Crippen molar-refractivity contribution in [3.8, 4) is 22.4 Å². The van der Waals surface area contributed by atoms with Crippen molar-refractivity contribution in [3.63, 3.8) is 0 Å². The second-order valence-electron chi connectivity index (χ2n) is 7.74. The zero-order valence-electron chi connectivity index (χ0n) is 18.8. The van der Waals surface area contributed by atoms with Crippen molar-refractivity contribution in [2.75, 3.05) is 12.4 Å². The molecule has 4 N–H and O–H groups in total. The van der Waals surface area contributed by atoms with Gasteiger partial charge < -0.3 is 20.8 Å². The lowest BCUT2D eigenvalue weighted by Gasteiger charge is -2.13. The molecule has 0 aliphatic carbocycles. The van der Waals surface area contributed by atoms with Gasteiger partial charge in [-0.25, -0.2) is 4.79 Å². The topological polar surface area (TPSA) is 114 Å². The molecule has 0 atom stereocenters. The minimum atomic E-state index is -0.558. The lowest BCUT2D eigenvalue weighted by molar-refractivity contribution is -0.111. The number of amides is 2. The zero-order valence-corrected chi connectivity index (χ0v) is 18.8. The number of anilines is 1. The molecule has 0 aliphatic heterocycles. The Morgan fingerprint density at radius 2 is 1.79 bits per heavy atom. The molecule has 0 bridgehead atoms. The number of benzene rings is 3. The Labute approximate surface area is 196 Å². The van der Waals surface area contributed by atoms with Gasteiger partial charge in [-0.05, 0) is 65.6 Å². The lowest BCUT2D eigenvalue weighted by Crippen LogP contribution is -2.11. The van der Waals surface area contributed by atoms with E-state index in [1.165, 1.54) is 13.2 Å². The molecule has 4 aromatic rings. The van der Waals surface area contributed by atoms with Crippen LogP contribution in [0.25, 0.3) is 33.3 Å². The van der Waals surface area contributed by atoms with Crippen LogP contribution in [0.15, 0.2) is 73.3 Å². The van der Waals surface area contributed by atoms with Gasteiger partial charge in [0.2, 0.25) is 5.91 Å². The summed E-state index contributed by atoms with van der Waals surface area (Å²) in [6.07, 6.45) is 1.22. The molecule has 0 saturated heterocycles. The van der Waals surface area contributed by atoms with Crippen LogP contribution < -0.4 is 11.1 Å². The van der Waals surface area contributed by atoms with Gasteiger partial charge in [0.05, 0.1) is 23.8 Å². The minimum Gasteiger partial charge on any atom is -0.465 e. The maximum atomic E-state index is 12.2. The number of ether oxygens (including phenoxy) is 1. The van der Waals surface area contributed by atoms with E-state index in [1.807, 2.05) is 43.3 Å². The van der Waals surface area contributed by atoms with Crippen molar-refractivity contribution in [3.05, 3.63) is 90.0 Å². The first-order valence-corrected chi connectivity index (χ1v) is 10.5. The van der Waals surface area contributed by atoms with Crippen molar-refractivity contribution in [1.82, 2.24) is 4.98 Å². The number of esters is 1. The van der Waals surface area contributed by atoms with Gasteiger partial charge in [-0.15, -0.1) is 0 Å². The first kappa shape index (κ1) is 22.5. The molecule has 0 saturated carbocycles. The number of aromatic amines is 1. The van der Waals surface area contributed by atoms with E-state index in [2.05, 4.69) is 16.9 Å². The summed E-state index contributed by atoms with van der Waals surface area (Å²) in [5, 5.41) is 3.60. The Morgan fingerprint density at radius 3 is 2.50 bits per heavy atom. The van der Waals surface area contributed by atoms with Gasteiger partial charge in [-0.1, -0.05) is 36.9 Å². The zero-order chi connectivity index (χ0) is 24.4. The SMILES string of the molecule is C=CC(=O)Nc1cccc(-c2ccc(C(N)=O)c3[nH]c(-c4cccc(C(=O)OC)c4)cc23)c1C. The number of carbonyl (C=O) groups is 3. The van der Waals surface area contributed by atoms with Gasteiger partial charge >= 0.3 is 5.97 Å². The Balaban J connectivity index is 1.92. The van der Waals surface area contributed by atoms with Crippen LogP contribution in [0.2, 0.25) is 0 Å². The molecule has 1 aromatic heterocycles. The molecule has 0 fully saturated rings. The fourth-order valence-corrected chi connectivity index (χ4v) is 3.99. The highest BCUT2D eigenvalue weighted by molar-refractivity contribution is 6.11. The normalized spacial score (nSPS) is 10.6. The van der Waals surface area contributed by atoms with E-state index in [-0.39, 0.29) is 5.91 Å². The summed E-state index contributed by atoms with van der Waals surface area (Å²) in [7, 11) is 1.33. The molecule has 1 heterocycles. The van der Waals surface area contributed by atoms with Crippen LogP contribution in [-0.2, 0) is 9.53 Å². The number of nitrogens with one attached hydrogen (secondary N) is 2. The minimum absolute atomic E-state index is 0.302. The van der Waals surface area contributed by atoms with Gasteiger partial charge in [-0.3, -0.25) is 9.59 Å². The summed E-state index contributed by atoms with van der Waals surface area (Å²) in [5.41, 5.74) is 11.7. The second kappa shape index (κ2) is 9.07. The predicted molar refractivity (Wildman–Crippen MR) is 133 cm³/mol.